The lowest BCUT2D eigenvalue weighted by atomic mass is 10.0. The van der Waals surface area contributed by atoms with Gasteiger partial charge in [-0.15, -0.1) is 0 Å². The van der Waals surface area contributed by atoms with Gasteiger partial charge in [0.15, 0.2) is 5.78 Å². The van der Waals surface area contributed by atoms with Crippen molar-refractivity contribution in [2.45, 2.75) is 30.8 Å². The van der Waals surface area contributed by atoms with Crippen molar-refractivity contribution in [1.82, 2.24) is 4.31 Å². The molecule has 31 heavy (non-hydrogen) atoms. The van der Waals surface area contributed by atoms with Crippen molar-refractivity contribution in [3.8, 4) is 0 Å². The normalized spacial score (nSPS) is 16.3. The molecule has 1 aliphatic rings. The molecule has 2 aromatic carbocycles. The van der Waals surface area contributed by atoms with E-state index in [9.17, 15) is 26.4 Å². The first kappa shape index (κ1) is 23.6. The van der Waals surface area contributed by atoms with Crippen molar-refractivity contribution in [3.05, 3.63) is 58.6 Å². The fourth-order valence-electron chi connectivity index (χ4n) is 3.34. The van der Waals surface area contributed by atoms with Crippen molar-refractivity contribution >= 4 is 33.1 Å². The van der Waals surface area contributed by atoms with E-state index in [4.69, 9.17) is 11.6 Å². The number of carbonyl (C=O) groups excluding carboxylic acids is 1. The highest BCUT2D eigenvalue weighted by Crippen LogP contribution is 2.36. The molecule has 3 rings (SSSR count). The molecule has 0 unspecified atom stereocenters. The van der Waals surface area contributed by atoms with Gasteiger partial charge in [-0.2, -0.15) is 17.5 Å². The van der Waals surface area contributed by atoms with Gasteiger partial charge in [-0.25, -0.2) is 8.42 Å². The number of sulfonamides is 1. The Bertz CT molecular complexity index is 1070. The van der Waals surface area contributed by atoms with Crippen LogP contribution in [0.4, 0.5) is 18.9 Å². The number of carbonyl (C=O) groups is 1. The highest BCUT2D eigenvalue weighted by Gasteiger charge is 2.33. The van der Waals surface area contributed by atoms with E-state index in [1.165, 1.54) is 34.6 Å². The minimum Gasteiger partial charge on any atom is -0.378 e. The zero-order chi connectivity index (χ0) is 22.8. The van der Waals surface area contributed by atoms with Gasteiger partial charge in [0.05, 0.1) is 22.0 Å². The summed E-state index contributed by atoms with van der Waals surface area (Å²) in [6.45, 7) is 2.64. The predicted molar refractivity (Wildman–Crippen MR) is 113 cm³/mol. The molecule has 0 radical (unpaired) electrons. The number of nitrogens with one attached hydrogen (secondary N) is 1. The Morgan fingerprint density at radius 3 is 2.48 bits per heavy atom. The molecule has 1 saturated heterocycles. The second kappa shape index (κ2) is 9.18. The van der Waals surface area contributed by atoms with Crippen LogP contribution in [-0.2, 0) is 16.2 Å². The molecule has 0 aromatic heterocycles. The Labute approximate surface area is 184 Å². The van der Waals surface area contributed by atoms with Crippen LogP contribution in [0.15, 0.2) is 47.4 Å². The van der Waals surface area contributed by atoms with Crippen LogP contribution in [0.1, 0.15) is 35.7 Å². The summed E-state index contributed by atoms with van der Waals surface area (Å²) in [6.07, 6.45) is -3.06. The zero-order valence-electron chi connectivity index (χ0n) is 16.7. The highest BCUT2D eigenvalue weighted by molar-refractivity contribution is 7.89. The predicted octanol–water partition coefficient (Wildman–Crippen LogP) is 5.07. The van der Waals surface area contributed by atoms with Gasteiger partial charge in [0.2, 0.25) is 10.0 Å². The average molecular weight is 475 g/mol. The fraction of sp³-hybridized carbons (Fsp3) is 0.381. The number of halogens is 4. The molecule has 1 N–H and O–H groups in total. The highest BCUT2D eigenvalue weighted by atomic mass is 35.5. The number of nitrogens with zero attached hydrogens (tertiary/aromatic N) is 1. The molecule has 0 saturated carbocycles. The summed E-state index contributed by atoms with van der Waals surface area (Å²) in [5.41, 5.74) is -0.768. The van der Waals surface area contributed by atoms with Crippen LogP contribution in [0.5, 0.6) is 0 Å². The molecule has 0 aliphatic carbocycles. The van der Waals surface area contributed by atoms with Gasteiger partial charge in [-0.3, -0.25) is 4.79 Å². The monoisotopic (exact) mass is 474 g/mol. The third-order valence-corrected chi connectivity index (χ3v) is 7.49. The van der Waals surface area contributed by atoms with E-state index in [1.807, 2.05) is 0 Å². The lowest BCUT2D eigenvalue weighted by Crippen LogP contribution is -2.37. The van der Waals surface area contributed by atoms with E-state index in [-0.39, 0.29) is 22.7 Å². The van der Waals surface area contributed by atoms with Crippen LogP contribution in [0.2, 0.25) is 5.02 Å². The van der Waals surface area contributed by atoms with Crippen LogP contribution in [0.25, 0.3) is 0 Å². The molecule has 0 spiro atoms. The maximum Gasteiger partial charge on any atom is 0.417 e. The lowest BCUT2D eigenvalue weighted by molar-refractivity contribution is -0.137. The largest absolute Gasteiger partial charge is 0.417 e. The molecule has 0 amide bonds. The molecular weight excluding hydrogens is 453 g/mol. The Kier molecular flexibility index (Phi) is 6.98. The first-order chi connectivity index (χ1) is 14.5. The number of hydrogen-bond acceptors (Lipinski definition) is 4. The fourth-order valence-corrected chi connectivity index (χ4v) is 5.08. The summed E-state index contributed by atoms with van der Waals surface area (Å²) in [5, 5.41) is 2.21. The summed E-state index contributed by atoms with van der Waals surface area (Å²) >= 11 is 5.60. The average Bonchev–Trinajstić information content (AvgIpc) is 2.72. The third-order valence-electron chi connectivity index (χ3n) is 5.26. The van der Waals surface area contributed by atoms with Crippen LogP contribution in [0.3, 0.4) is 0 Å². The van der Waals surface area contributed by atoms with Crippen LogP contribution < -0.4 is 5.32 Å². The third kappa shape index (κ3) is 5.58. The van der Waals surface area contributed by atoms with Gasteiger partial charge in [0.1, 0.15) is 0 Å². The van der Waals surface area contributed by atoms with Gasteiger partial charge in [-0.1, -0.05) is 30.7 Å². The molecule has 10 heteroatoms. The van der Waals surface area contributed by atoms with E-state index in [0.29, 0.717) is 19.0 Å². The zero-order valence-corrected chi connectivity index (χ0v) is 18.3. The van der Waals surface area contributed by atoms with Gasteiger partial charge in [0.25, 0.3) is 0 Å². The molecule has 0 bridgehead atoms. The number of piperidine rings is 1. The SMILES string of the molecule is CC1CCN(S(=O)(=O)c2cccc(C(=O)CNc3ccc(Cl)c(C(F)(F)F)c3)c2)CC1. The second-order valence-corrected chi connectivity index (χ2v) is 9.93. The molecule has 168 valence electrons. The standard InChI is InChI=1S/C21H22ClF3N2O3S/c1-14-7-9-27(10-8-14)31(29,30)17-4-2-3-15(11-17)20(28)13-26-16-5-6-19(22)18(12-16)21(23,24)25/h2-6,11-12,14,26H,7-10,13H2,1H3. The van der Waals surface area contributed by atoms with Crippen molar-refractivity contribution < 1.29 is 26.4 Å². The van der Waals surface area contributed by atoms with Crippen molar-refractivity contribution in [1.29, 1.82) is 0 Å². The Hall–Kier alpha value is -2.10. The number of hydrogen-bond donors (Lipinski definition) is 1. The minimum absolute atomic E-state index is 0.0266. The number of benzene rings is 2. The van der Waals surface area contributed by atoms with Crippen molar-refractivity contribution in [3.63, 3.8) is 0 Å². The minimum atomic E-state index is -4.62. The molecule has 1 aliphatic heterocycles. The number of anilines is 1. The van der Waals surface area contributed by atoms with Gasteiger partial charge in [0, 0.05) is 24.3 Å². The molecular formula is C21H22ClF3N2O3S. The number of ketones is 1. The number of alkyl halides is 3. The van der Waals surface area contributed by atoms with Crippen molar-refractivity contribution in [2.24, 2.45) is 5.92 Å². The van der Waals surface area contributed by atoms with Gasteiger partial charge >= 0.3 is 6.18 Å². The van der Waals surface area contributed by atoms with Crippen LogP contribution in [0, 0.1) is 5.92 Å². The quantitative estimate of drug-likeness (QED) is 0.593. The van der Waals surface area contributed by atoms with Gasteiger partial charge in [-0.05, 0) is 49.1 Å². The van der Waals surface area contributed by atoms with Crippen LogP contribution >= 0.6 is 11.6 Å². The Morgan fingerprint density at radius 1 is 1.16 bits per heavy atom. The summed E-state index contributed by atoms with van der Waals surface area (Å²) < 4.78 is 66.2. The van der Waals surface area contributed by atoms with E-state index in [0.717, 1.165) is 25.0 Å². The van der Waals surface area contributed by atoms with Crippen molar-refractivity contribution in [2.75, 3.05) is 25.0 Å². The number of Topliss-reactive ketones (excluding diaryl/α,β-unsaturated/α-hetero) is 1. The molecule has 1 fully saturated rings. The Morgan fingerprint density at radius 2 is 1.84 bits per heavy atom. The number of rotatable bonds is 6. The molecule has 5 nitrogen and oxygen atoms in total. The van der Waals surface area contributed by atoms with E-state index < -0.39 is 32.6 Å². The summed E-state index contributed by atoms with van der Waals surface area (Å²) in [7, 11) is -3.71. The molecule has 2 aromatic rings. The van der Waals surface area contributed by atoms with E-state index >= 15 is 0 Å². The molecule has 1 heterocycles. The maximum absolute atomic E-state index is 13.0. The second-order valence-electron chi connectivity index (χ2n) is 7.58. The van der Waals surface area contributed by atoms with Gasteiger partial charge < -0.3 is 5.32 Å². The summed E-state index contributed by atoms with van der Waals surface area (Å²) in [4.78, 5) is 12.6. The summed E-state index contributed by atoms with van der Waals surface area (Å²) in [6, 6.07) is 8.97. The topological polar surface area (TPSA) is 66.5 Å². The lowest BCUT2D eigenvalue weighted by Gasteiger charge is -2.29. The maximum atomic E-state index is 13.0. The molecule has 0 atom stereocenters. The smallest absolute Gasteiger partial charge is 0.378 e. The first-order valence-corrected chi connectivity index (χ1v) is 11.5. The summed E-state index contributed by atoms with van der Waals surface area (Å²) in [5.74, 6) is 0.0176. The van der Waals surface area contributed by atoms with Crippen LogP contribution in [-0.4, -0.2) is 38.1 Å². The van der Waals surface area contributed by atoms with E-state index in [2.05, 4.69) is 12.2 Å². The first-order valence-electron chi connectivity index (χ1n) is 9.72. The van der Waals surface area contributed by atoms with E-state index in [1.54, 1.807) is 0 Å². The Balaban J connectivity index is 1.72.